The van der Waals surface area contributed by atoms with E-state index < -0.39 is 0 Å². The SMILES string of the molecule is CCNc1ncnc(N2CCC(C(=O)NC)CC2)c1C. The lowest BCUT2D eigenvalue weighted by Gasteiger charge is -2.33. The maximum Gasteiger partial charge on any atom is 0.222 e. The number of hydrogen-bond acceptors (Lipinski definition) is 5. The molecular formula is C14H23N5O. The molecule has 6 nitrogen and oxygen atoms in total. The Balaban J connectivity index is 2.07. The van der Waals surface area contributed by atoms with E-state index in [1.165, 1.54) is 0 Å². The first-order valence-corrected chi connectivity index (χ1v) is 7.19. The minimum absolute atomic E-state index is 0.131. The van der Waals surface area contributed by atoms with Crippen LogP contribution < -0.4 is 15.5 Å². The van der Waals surface area contributed by atoms with Crippen molar-refractivity contribution in [3.05, 3.63) is 11.9 Å². The number of piperidine rings is 1. The molecule has 6 heteroatoms. The van der Waals surface area contributed by atoms with E-state index >= 15 is 0 Å². The average molecular weight is 277 g/mol. The minimum Gasteiger partial charge on any atom is -0.370 e. The van der Waals surface area contributed by atoms with Crippen molar-refractivity contribution in [2.45, 2.75) is 26.7 Å². The zero-order valence-corrected chi connectivity index (χ0v) is 12.4. The summed E-state index contributed by atoms with van der Waals surface area (Å²) in [5.41, 5.74) is 1.08. The van der Waals surface area contributed by atoms with Crippen molar-refractivity contribution in [1.82, 2.24) is 15.3 Å². The van der Waals surface area contributed by atoms with Gasteiger partial charge in [0.2, 0.25) is 5.91 Å². The Morgan fingerprint density at radius 3 is 2.70 bits per heavy atom. The molecule has 0 aromatic carbocycles. The topological polar surface area (TPSA) is 70.2 Å². The van der Waals surface area contributed by atoms with Gasteiger partial charge in [-0.25, -0.2) is 9.97 Å². The van der Waals surface area contributed by atoms with E-state index in [4.69, 9.17) is 0 Å². The molecule has 2 rings (SSSR count). The second-order valence-corrected chi connectivity index (χ2v) is 5.08. The molecule has 0 aliphatic carbocycles. The van der Waals surface area contributed by atoms with Crippen molar-refractivity contribution in [2.24, 2.45) is 5.92 Å². The maximum absolute atomic E-state index is 11.7. The van der Waals surface area contributed by atoms with Crippen LogP contribution in [-0.2, 0) is 4.79 Å². The summed E-state index contributed by atoms with van der Waals surface area (Å²) in [6, 6.07) is 0. The Morgan fingerprint density at radius 1 is 1.40 bits per heavy atom. The van der Waals surface area contributed by atoms with Gasteiger partial charge in [-0.3, -0.25) is 4.79 Å². The molecule has 2 N–H and O–H groups in total. The highest BCUT2D eigenvalue weighted by molar-refractivity contribution is 5.78. The first-order valence-electron chi connectivity index (χ1n) is 7.19. The highest BCUT2D eigenvalue weighted by Crippen LogP contribution is 2.26. The summed E-state index contributed by atoms with van der Waals surface area (Å²) in [4.78, 5) is 22.6. The molecule has 1 aromatic heterocycles. The second kappa shape index (κ2) is 6.54. The third-order valence-electron chi connectivity index (χ3n) is 3.81. The molecule has 0 bridgehead atoms. The third-order valence-corrected chi connectivity index (χ3v) is 3.81. The highest BCUT2D eigenvalue weighted by Gasteiger charge is 2.26. The number of carbonyl (C=O) groups excluding carboxylic acids is 1. The van der Waals surface area contributed by atoms with Gasteiger partial charge in [0.1, 0.15) is 18.0 Å². The smallest absolute Gasteiger partial charge is 0.222 e. The monoisotopic (exact) mass is 277 g/mol. The fraction of sp³-hybridized carbons (Fsp3) is 0.643. The largest absolute Gasteiger partial charge is 0.370 e. The number of nitrogens with one attached hydrogen (secondary N) is 2. The minimum atomic E-state index is 0.131. The van der Waals surface area contributed by atoms with Crippen LogP contribution in [0.4, 0.5) is 11.6 Å². The number of hydrogen-bond donors (Lipinski definition) is 2. The van der Waals surface area contributed by atoms with E-state index in [1.807, 2.05) is 6.92 Å². The molecule has 1 saturated heterocycles. The molecule has 0 unspecified atom stereocenters. The highest BCUT2D eigenvalue weighted by atomic mass is 16.1. The van der Waals surface area contributed by atoms with Gasteiger partial charge >= 0.3 is 0 Å². The van der Waals surface area contributed by atoms with Crippen LogP contribution >= 0.6 is 0 Å². The molecule has 1 amide bonds. The summed E-state index contributed by atoms with van der Waals surface area (Å²) >= 11 is 0. The summed E-state index contributed by atoms with van der Waals surface area (Å²) < 4.78 is 0. The molecule has 1 aliphatic heterocycles. The summed E-state index contributed by atoms with van der Waals surface area (Å²) in [6.07, 6.45) is 3.35. The lowest BCUT2D eigenvalue weighted by molar-refractivity contribution is -0.125. The van der Waals surface area contributed by atoms with Crippen molar-refractivity contribution in [3.8, 4) is 0 Å². The fourth-order valence-electron chi connectivity index (χ4n) is 2.66. The van der Waals surface area contributed by atoms with Crippen molar-refractivity contribution in [2.75, 3.05) is 36.9 Å². The Bertz CT molecular complexity index is 469. The van der Waals surface area contributed by atoms with Gasteiger partial charge < -0.3 is 15.5 Å². The van der Waals surface area contributed by atoms with E-state index in [9.17, 15) is 4.79 Å². The molecule has 1 aliphatic rings. The summed E-state index contributed by atoms with van der Waals surface area (Å²) in [7, 11) is 1.70. The number of carbonyl (C=O) groups is 1. The zero-order chi connectivity index (χ0) is 14.5. The van der Waals surface area contributed by atoms with Gasteiger partial charge in [-0.05, 0) is 26.7 Å². The molecule has 0 saturated carbocycles. The molecule has 2 heterocycles. The van der Waals surface area contributed by atoms with Crippen LogP contribution in [-0.4, -0.2) is 42.6 Å². The van der Waals surface area contributed by atoms with Crippen molar-refractivity contribution >= 4 is 17.5 Å². The first kappa shape index (κ1) is 14.6. The number of nitrogens with zero attached hydrogens (tertiary/aromatic N) is 3. The van der Waals surface area contributed by atoms with Gasteiger partial charge in [0.05, 0.1) is 0 Å². The Hall–Kier alpha value is -1.85. The maximum atomic E-state index is 11.7. The van der Waals surface area contributed by atoms with Gasteiger partial charge in [0, 0.05) is 38.2 Å². The van der Waals surface area contributed by atoms with Crippen LogP contribution in [0.3, 0.4) is 0 Å². The molecule has 20 heavy (non-hydrogen) atoms. The molecule has 0 atom stereocenters. The number of amides is 1. The number of anilines is 2. The normalized spacial score (nSPS) is 16.1. The second-order valence-electron chi connectivity index (χ2n) is 5.08. The lowest BCUT2D eigenvalue weighted by Crippen LogP contribution is -2.40. The quantitative estimate of drug-likeness (QED) is 0.865. The van der Waals surface area contributed by atoms with Crippen LogP contribution in [0.25, 0.3) is 0 Å². The molecular weight excluding hydrogens is 254 g/mol. The predicted molar refractivity (Wildman–Crippen MR) is 79.9 cm³/mol. The average Bonchev–Trinajstić information content (AvgIpc) is 2.49. The lowest BCUT2D eigenvalue weighted by atomic mass is 9.96. The first-order chi connectivity index (χ1) is 9.67. The Morgan fingerprint density at radius 2 is 2.10 bits per heavy atom. The number of rotatable bonds is 4. The van der Waals surface area contributed by atoms with Gasteiger partial charge in [-0.2, -0.15) is 0 Å². The van der Waals surface area contributed by atoms with Crippen molar-refractivity contribution < 1.29 is 4.79 Å². The van der Waals surface area contributed by atoms with E-state index in [1.54, 1.807) is 13.4 Å². The Labute approximate surface area is 120 Å². The van der Waals surface area contributed by atoms with E-state index in [2.05, 4.69) is 32.4 Å². The predicted octanol–water partition coefficient (Wildman–Crippen LogP) is 1.18. The van der Waals surface area contributed by atoms with Crippen molar-refractivity contribution in [1.29, 1.82) is 0 Å². The third kappa shape index (κ3) is 3.00. The van der Waals surface area contributed by atoms with E-state index in [0.717, 1.165) is 49.7 Å². The van der Waals surface area contributed by atoms with E-state index in [-0.39, 0.29) is 11.8 Å². The van der Waals surface area contributed by atoms with Crippen LogP contribution in [0.1, 0.15) is 25.3 Å². The van der Waals surface area contributed by atoms with Crippen LogP contribution in [0.2, 0.25) is 0 Å². The standard InChI is InChI=1S/C14H23N5O/c1-4-16-12-10(2)13(18-9-17-12)19-7-5-11(6-8-19)14(20)15-3/h9,11H,4-8H2,1-3H3,(H,15,20)(H,16,17,18). The fourth-order valence-corrected chi connectivity index (χ4v) is 2.66. The van der Waals surface area contributed by atoms with Gasteiger partial charge in [-0.1, -0.05) is 0 Å². The summed E-state index contributed by atoms with van der Waals surface area (Å²) in [6.45, 7) is 6.66. The molecule has 0 spiro atoms. The molecule has 0 radical (unpaired) electrons. The molecule has 1 aromatic rings. The number of aromatic nitrogens is 2. The van der Waals surface area contributed by atoms with Crippen LogP contribution in [0.15, 0.2) is 6.33 Å². The summed E-state index contributed by atoms with van der Waals surface area (Å²) in [5, 5.41) is 5.98. The van der Waals surface area contributed by atoms with Crippen LogP contribution in [0, 0.1) is 12.8 Å². The molecule has 1 fully saturated rings. The summed E-state index contributed by atoms with van der Waals surface area (Å²) in [5.74, 6) is 2.15. The molecule has 110 valence electrons. The van der Waals surface area contributed by atoms with Gasteiger partial charge in [0.15, 0.2) is 0 Å². The van der Waals surface area contributed by atoms with Gasteiger partial charge in [0.25, 0.3) is 0 Å². The Kier molecular flexibility index (Phi) is 4.76. The van der Waals surface area contributed by atoms with Gasteiger partial charge in [-0.15, -0.1) is 0 Å². The zero-order valence-electron chi connectivity index (χ0n) is 12.4. The van der Waals surface area contributed by atoms with E-state index in [0.29, 0.717) is 0 Å². The van der Waals surface area contributed by atoms with Crippen LogP contribution in [0.5, 0.6) is 0 Å². The van der Waals surface area contributed by atoms with Crippen molar-refractivity contribution in [3.63, 3.8) is 0 Å².